The molecule has 1 saturated heterocycles. The lowest BCUT2D eigenvalue weighted by molar-refractivity contribution is -0.133. The second kappa shape index (κ2) is 5.38. The monoisotopic (exact) mass is 239 g/mol. The number of carbonyl (C=O) groups excluding carboxylic acids is 2. The lowest BCUT2D eigenvalue weighted by Crippen LogP contribution is -2.51. The predicted molar refractivity (Wildman–Crippen MR) is 64.6 cm³/mol. The van der Waals surface area contributed by atoms with Crippen LogP contribution in [0.4, 0.5) is 4.79 Å². The molecule has 0 radical (unpaired) electrons. The standard InChI is InChI=1S/C12H21N3O2/c1-9(13-12(17)14-10-5-6-10)11(16)15-7-3-2-4-8-15/h9-10H,2-8H2,1H3,(H2,13,14,17)/t9-/m0/s1. The Balaban J connectivity index is 1.74. The highest BCUT2D eigenvalue weighted by Crippen LogP contribution is 2.18. The predicted octanol–water partition coefficient (Wildman–Crippen LogP) is 0.849. The molecule has 2 N–H and O–H groups in total. The Kier molecular flexibility index (Phi) is 3.86. The van der Waals surface area contributed by atoms with Crippen molar-refractivity contribution in [3.63, 3.8) is 0 Å². The van der Waals surface area contributed by atoms with E-state index < -0.39 is 6.04 Å². The molecule has 0 aromatic rings. The zero-order valence-electron chi connectivity index (χ0n) is 10.4. The smallest absolute Gasteiger partial charge is 0.315 e. The Morgan fingerprint density at radius 3 is 2.41 bits per heavy atom. The van der Waals surface area contributed by atoms with Crippen LogP contribution in [0.5, 0.6) is 0 Å². The van der Waals surface area contributed by atoms with Gasteiger partial charge >= 0.3 is 6.03 Å². The number of hydrogen-bond acceptors (Lipinski definition) is 2. The summed E-state index contributed by atoms with van der Waals surface area (Å²) in [6.07, 6.45) is 5.47. The fraction of sp³-hybridized carbons (Fsp3) is 0.833. The normalized spacial score (nSPS) is 21.8. The summed E-state index contributed by atoms with van der Waals surface area (Å²) in [6, 6.07) is -0.315. The van der Waals surface area contributed by atoms with Crippen LogP contribution in [-0.4, -0.2) is 42.0 Å². The van der Waals surface area contributed by atoms with Crippen LogP contribution in [0.2, 0.25) is 0 Å². The minimum absolute atomic E-state index is 0.0376. The Bertz CT molecular complexity index is 296. The number of likely N-dealkylation sites (tertiary alicyclic amines) is 1. The zero-order valence-corrected chi connectivity index (χ0v) is 10.4. The number of rotatable bonds is 3. The van der Waals surface area contributed by atoms with Gasteiger partial charge in [-0.1, -0.05) is 0 Å². The third-order valence-electron chi connectivity index (χ3n) is 3.30. The molecule has 0 aromatic carbocycles. The number of nitrogens with zero attached hydrogens (tertiary/aromatic N) is 1. The van der Waals surface area contributed by atoms with Gasteiger partial charge in [0.05, 0.1) is 0 Å². The summed E-state index contributed by atoms with van der Waals surface area (Å²) in [5.41, 5.74) is 0. The average molecular weight is 239 g/mol. The summed E-state index contributed by atoms with van der Waals surface area (Å²) in [6.45, 7) is 3.41. The number of amides is 3. The number of urea groups is 1. The Hall–Kier alpha value is -1.26. The van der Waals surface area contributed by atoms with E-state index in [2.05, 4.69) is 10.6 Å². The molecule has 2 fully saturated rings. The first-order valence-electron chi connectivity index (χ1n) is 6.52. The van der Waals surface area contributed by atoms with Crippen molar-refractivity contribution in [1.82, 2.24) is 15.5 Å². The molecule has 2 aliphatic rings. The van der Waals surface area contributed by atoms with Gasteiger partial charge in [-0.25, -0.2) is 4.79 Å². The fourth-order valence-corrected chi connectivity index (χ4v) is 2.10. The van der Waals surface area contributed by atoms with E-state index >= 15 is 0 Å². The van der Waals surface area contributed by atoms with Crippen LogP contribution in [0.3, 0.4) is 0 Å². The topological polar surface area (TPSA) is 61.4 Å². The van der Waals surface area contributed by atoms with Gasteiger partial charge in [-0.05, 0) is 39.0 Å². The van der Waals surface area contributed by atoms with E-state index in [0.717, 1.165) is 38.8 Å². The van der Waals surface area contributed by atoms with Crippen molar-refractivity contribution in [2.45, 2.75) is 51.1 Å². The number of nitrogens with one attached hydrogen (secondary N) is 2. The van der Waals surface area contributed by atoms with Crippen LogP contribution >= 0.6 is 0 Å². The van der Waals surface area contributed by atoms with Gasteiger partial charge in [0, 0.05) is 19.1 Å². The van der Waals surface area contributed by atoms with Crippen LogP contribution < -0.4 is 10.6 Å². The molecule has 5 heteroatoms. The summed E-state index contributed by atoms with van der Waals surface area (Å²) < 4.78 is 0. The molecule has 1 heterocycles. The average Bonchev–Trinajstić information content (AvgIpc) is 3.12. The van der Waals surface area contributed by atoms with Gasteiger partial charge in [-0.3, -0.25) is 4.79 Å². The van der Waals surface area contributed by atoms with Gasteiger partial charge in [0.25, 0.3) is 0 Å². The van der Waals surface area contributed by atoms with Crippen LogP contribution in [0.25, 0.3) is 0 Å². The highest BCUT2D eigenvalue weighted by molar-refractivity contribution is 5.86. The summed E-state index contributed by atoms with van der Waals surface area (Å²) >= 11 is 0. The number of carbonyl (C=O) groups is 2. The highest BCUT2D eigenvalue weighted by atomic mass is 16.2. The van der Waals surface area contributed by atoms with Crippen molar-refractivity contribution in [3.05, 3.63) is 0 Å². The molecule has 17 heavy (non-hydrogen) atoms. The minimum Gasteiger partial charge on any atom is -0.341 e. The Labute approximate surface area is 102 Å². The molecule has 1 atom stereocenters. The van der Waals surface area contributed by atoms with Gasteiger partial charge in [0.1, 0.15) is 6.04 Å². The second-order valence-electron chi connectivity index (χ2n) is 5.00. The maximum atomic E-state index is 12.0. The van der Waals surface area contributed by atoms with Crippen LogP contribution in [0.1, 0.15) is 39.0 Å². The first-order chi connectivity index (χ1) is 8.16. The highest BCUT2D eigenvalue weighted by Gasteiger charge is 2.26. The van der Waals surface area contributed by atoms with Crippen molar-refractivity contribution in [2.24, 2.45) is 0 Å². The van der Waals surface area contributed by atoms with Crippen molar-refractivity contribution < 1.29 is 9.59 Å². The molecule has 1 aliphatic heterocycles. The SMILES string of the molecule is C[C@H](NC(=O)NC1CC1)C(=O)N1CCCCC1. The first-order valence-corrected chi connectivity index (χ1v) is 6.52. The van der Waals surface area contributed by atoms with E-state index in [4.69, 9.17) is 0 Å². The zero-order chi connectivity index (χ0) is 12.3. The third-order valence-corrected chi connectivity index (χ3v) is 3.30. The maximum Gasteiger partial charge on any atom is 0.315 e. The molecule has 96 valence electrons. The van der Waals surface area contributed by atoms with E-state index in [-0.39, 0.29) is 11.9 Å². The molecular formula is C12H21N3O2. The summed E-state index contributed by atoms with van der Waals surface area (Å²) in [7, 11) is 0. The van der Waals surface area contributed by atoms with E-state index in [9.17, 15) is 9.59 Å². The van der Waals surface area contributed by atoms with Crippen molar-refractivity contribution >= 4 is 11.9 Å². The maximum absolute atomic E-state index is 12.0. The quantitative estimate of drug-likeness (QED) is 0.767. The van der Waals surface area contributed by atoms with E-state index in [1.165, 1.54) is 6.42 Å². The van der Waals surface area contributed by atoms with Gasteiger partial charge in [0.15, 0.2) is 0 Å². The summed E-state index contributed by atoms with van der Waals surface area (Å²) in [4.78, 5) is 25.4. The Morgan fingerprint density at radius 2 is 1.82 bits per heavy atom. The van der Waals surface area contributed by atoms with Crippen LogP contribution in [0, 0.1) is 0 Å². The molecule has 0 aromatic heterocycles. The minimum atomic E-state index is -0.424. The van der Waals surface area contributed by atoms with Gasteiger partial charge in [-0.15, -0.1) is 0 Å². The van der Waals surface area contributed by atoms with Gasteiger partial charge in [-0.2, -0.15) is 0 Å². The molecule has 5 nitrogen and oxygen atoms in total. The fourth-order valence-electron chi connectivity index (χ4n) is 2.10. The molecule has 3 amide bonds. The summed E-state index contributed by atoms with van der Waals surface area (Å²) in [5.74, 6) is 0.0376. The van der Waals surface area contributed by atoms with Crippen molar-refractivity contribution in [2.75, 3.05) is 13.1 Å². The molecule has 1 aliphatic carbocycles. The van der Waals surface area contributed by atoms with Crippen LogP contribution in [0.15, 0.2) is 0 Å². The van der Waals surface area contributed by atoms with E-state index in [0.29, 0.717) is 6.04 Å². The number of hydrogen-bond donors (Lipinski definition) is 2. The molecule has 1 saturated carbocycles. The van der Waals surface area contributed by atoms with Crippen molar-refractivity contribution in [3.8, 4) is 0 Å². The van der Waals surface area contributed by atoms with Gasteiger partial charge in [0.2, 0.25) is 5.91 Å². The van der Waals surface area contributed by atoms with Crippen LogP contribution in [-0.2, 0) is 4.79 Å². The molecule has 2 rings (SSSR count). The largest absolute Gasteiger partial charge is 0.341 e. The molecule has 0 bridgehead atoms. The lowest BCUT2D eigenvalue weighted by atomic mass is 10.1. The van der Waals surface area contributed by atoms with E-state index in [1.54, 1.807) is 6.92 Å². The first kappa shape index (κ1) is 12.2. The van der Waals surface area contributed by atoms with Crippen molar-refractivity contribution in [1.29, 1.82) is 0 Å². The number of piperidine rings is 1. The third kappa shape index (κ3) is 3.61. The van der Waals surface area contributed by atoms with E-state index in [1.807, 2.05) is 4.90 Å². The second-order valence-corrected chi connectivity index (χ2v) is 5.00. The molecular weight excluding hydrogens is 218 g/mol. The summed E-state index contributed by atoms with van der Waals surface area (Å²) in [5, 5.41) is 5.53. The van der Waals surface area contributed by atoms with Gasteiger partial charge < -0.3 is 15.5 Å². The molecule has 0 unspecified atom stereocenters. The lowest BCUT2D eigenvalue weighted by Gasteiger charge is -2.29. The molecule has 0 spiro atoms. The Morgan fingerprint density at radius 1 is 1.18 bits per heavy atom.